The second-order valence-electron chi connectivity index (χ2n) is 7.50. The molecule has 0 radical (unpaired) electrons. The van der Waals surface area contributed by atoms with Gasteiger partial charge >= 0.3 is 0 Å². The largest absolute Gasteiger partial charge is 0.491 e. The lowest BCUT2D eigenvalue weighted by Gasteiger charge is -2.15. The lowest BCUT2D eigenvalue weighted by atomic mass is 9.97. The second-order valence-corrected chi connectivity index (χ2v) is 7.50. The Labute approximate surface area is 194 Å². The van der Waals surface area contributed by atoms with Crippen molar-refractivity contribution in [3.63, 3.8) is 0 Å². The molecule has 0 unspecified atom stereocenters. The number of rotatable bonds is 11. The van der Waals surface area contributed by atoms with Crippen LogP contribution >= 0.6 is 0 Å². The van der Waals surface area contributed by atoms with Crippen molar-refractivity contribution in [3.8, 4) is 22.8 Å². The minimum Gasteiger partial charge on any atom is -0.491 e. The summed E-state index contributed by atoms with van der Waals surface area (Å²) in [6.07, 6.45) is 5.35. The van der Waals surface area contributed by atoms with Gasteiger partial charge in [-0.1, -0.05) is 12.1 Å². The van der Waals surface area contributed by atoms with Crippen LogP contribution in [0.5, 0.6) is 11.6 Å². The summed E-state index contributed by atoms with van der Waals surface area (Å²) in [5, 5.41) is 0. The molecule has 1 aromatic carbocycles. The molecule has 8 heteroatoms. The van der Waals surface area contributed by atoms with E-state index in [1.165, 1.54) is 0 Å². The van der Waals surface area contributed by atoms with Crippen LogP contribution in [-0.2, 0) is 16.0 Å². The van der Waals surface area contributed by atoms with Crippen molar-refractivity contribution in [1.29, 1.82) is 0 Å². The quantitative estimate of drug-likeness (QED) is 0.381. The summed E-state index contributed by atoms with van der Waals surface area (Å²) in [5.74, 6) is 0.942. The Balaban J connectivity index is 1.80. The van der Waals surface area contributed by atoms with Crippen molar-refractivity contribution < 1.29 is 23.7 Å². The fourth-order valence-corrected chi connectivity index (χ4v) is 3.76. The zero-order chi connectivity index (χ0) is 23.8. The van der Waals surface area contributed by atoms with Crippen molar-refractivity contribution in [3.05, 3.63) is 52.9 Å². The molecule has 33 heavy (non-hydrogen) atoms. The Bertz CT molecular complexity index is 1050. The number of aromatic nitrogens is 1. The standard InChI is InChI=1S/C25H31N3O5/c1-6-21(15-26-3)28-16-20-12-18(11-17(2)23(20)25(28)29)19-13-22(31-5)24(27-14-19)33-10-9-32-8-7-30-4/h6,11-15H,7-10,16H2,1-5H3/b21-6+,26-15?. The molecular weight excluding hydrogens is 422 g/mol. The topological polar surface area (TPSA) is 82.5 Å². The van der Waals surface area contributed by atoms with Gasteiger partial charge in [-0.25, -0.2) is 4.98 Å². The van der Waals surface area contributed by atoms with Gasteiger partial charge in [0.2, 0.25) is 0 Å². The Morgan fingerprint density at radius 3 is 2.64 bits per heavy atom. The lowest BCUT2D eigenvalue weighted by molar-refractivity contribution is 0.0532. The normalized spacial score (nSPS) is 13.7. The summed E-state index contributed by atoms with van der Waals surface area (Å²) < 4.78 is 21.6. The van der Waals surface area contributed by atoms with Crippen LogP contribution in [0.25, 0.3) is 11.1 Å². The van der Waals surface area contributed by atoms with Gasteiger partial charge in [-0.2, -0.15) is 0 Å². The van der Waals surface area contributed by atoms with Gasteiger partial charge in [0.15, 0.2) is 5.75 Å². The maximum Gasteiger partial charge on any atom is 0.259 e. The van der Waals surface area contributed by atoms with E-state index >= 15 is 0 Å². The molecule has 0 aliphatic carbocycles. The molecule has 0 atom stereocenters. The first-order chi connectivity index (χ1) is 16.0. The fourth-order valence-electron chi connectivity index (χ4n) is 3.76. The zero-order valence-corrected chi connectivity index (χ0v) is 19.9. The maximum absolute atomic E-state index is 13.0. The van der Waals surface area contributed by atoms with Crippen molar-refractivity contribution in [2.24, 2.45) is 4.99 Å². The average Bonchev–Trinajstić information content (AvgIpc) is 3.16. The SMILES string of the molecule is C/C=C(\C=NC)N1Cc2cc(-c3cnc(OCCOCCOC)c(OC)c3)cc(C)c2C1=O. The summed E-state index contributed by atoms with van der Waals surface area (Å²) in [6, 6.07) is 5.94. The summed E-state index contributed by atoms with van der Waals surface area (Å²) in [7, 11) is 4.91. The number of hydrogen-bond acceptors (Lipinski definition) is 7. The molecule has 3 rings (SSSR count). The van der Waals surface area contributed by atoms with E-state index in [2.05, 4.69) is 9.98 Å². The highest BCUT2D eigenvalue weighted by Gasteiger charge is 2.31. The van der Waals surface area contributed by atoms with Gasteiger partial charge in [-0.05, 0) is 42.7 Å². The third kappa shape index (κ3) is 5.58. The zero-order valence-electron chi connectivity index (χ0n) is 19.9. The fraction of sp³-hybridized carbons (Fsp3) is 0.400. The van der Waals surface area contributed by atoms with Crippen LogP contribution < -0.4 is 9.47 Å². The van der Waals surface area contributed by atoms with Gasteiger partial charge in [0, 0.05) is 37.7 Å². The Kier molecular flexibility index (Phi) is 8.57. The molecule has 0 fully saturated rings. The number of pyridine rings is 1. The van der Waals surface area contributed by atoms with Gasteiger partial charge in [0.1, 0.15) is 6.61 Å². The first kappa shape index (κ1) is 24.4. The molecule has 8 nitrogen and oxygen atoms in total. The summed E-state index contributed by atoms with van der Waals surface area (Å²) in [4.78, 5) is 23.3. The van der Waals surface area contributed by atoms with Crippen molar-refractivity contribution in [1.82, 2.24) is 9.88 Å². The van der Waals surface area contributed by atoms with Gasteiger partial charge in [-0.3, -0.25) is 9.79 Å². The molecule has 2 aromatic rings. The first-order valence-corrected chi connectivity index (χ1v) is 10.8. The number of fused-ring (bicyclic) bond motifs is 1. The van der Waals surface area contributed by atoms with Gasteiger partial charge in [-0.15, -0.1) is 0 Å². The van der Waals surface area contributed by atoms with Crippen molar-refractivity contribution >= 4 is 12.1 Å². The lowest BCUT2D eigenvalue weighted by Crippen LogP contribution is -2.24. The number of nitrogens with zero attached hydrogens (tertiary/aromatic N) is 3. The highest BCUT2D eigenvalue weighted by atomic mass is 16.6. The van der Waals surface area contributed by atoms with Crippen LogP contribution in [0, 0.1) is 6.92 Å². The molecule has 1 aliphatic heterocycles. The van der Waals surface area contributed by atoms with E-state index in [1.54, 1.807) is 38.6 Å². The molecule has 2 heterocycles. The number of aryl methyl sites for hydroxylation is 1. The monoisotopic (exact) mass is 453 g/mol. The molecule has 176 valence electrons. The summed E-state index contributed by atoms with van der Waals surface area (Å²) in [6.45, 7) is 6.21. The molecule has 0 spiro atoms. The highest BCUT2D eigenvalue weighted by Crippen LogP contribution is 2.35. The molecular formula is C25H31N3O5. The molecule has 0 saturated heterocycles. The van der Waals surface area contributed by atoms with Crippen LogP contribution in [0.4, 0.5) is 0 Å². The van der Waals surface area contributed by atoms with Crippen LogP contribution in [0.3, 0.4) is 0 Å². The number of allylic oxidation sites excluding steroid dienone is 2. The molecule has 0 N–H and O–H groups in total. The van der Waals surface area contributed by atoms with Crippen LogP contribution in [0.15, 0.2) is 41.2 Å². The molecule has 1 amide bonds. The van der Waals surface area contributed by atoms with Crippen molar-refractivity contribution in [2.45, 2.75) is 20.4 Å². The summed E-state index contributed by atoms with van der Waals surface area (Å²) in [5.41, 5.74) is 5.28. The summed E-state index contributed by atoms with van der Waals surface area (Å²) >= 11 is 0. The highest BCUT2D eigenvalue weighted by molar-refractivity contribution is 6.04. The number of hydrogen-bond donors (Lipinski definition) is 0. The predicted octanol–water partition coefficient (Wildman–Crippen LogP) is 3.67. The Morgan fingerprint density at radius 2 is 1.94 bits per heavy atom. The second kappa shape index (κ2) is 11.6. The van der Waals surface area contributed by atoms with Crippen molar-refractivity contribution in [2.75, 3.05) is 47.7 Å². The Hall–Kier alpha value is -3.23. The number of aliphatic imine (C=N–C) groups is 1. The number of carbonyl (C=O) groups excluding carboxylic acids is 1. The van der Waals surface area contributed by atoms with E-state index in [9.17, 15) is 4.79 Å². The smallest absolute Gasteiger partial charge is 0.259 e. The predicted molar refractivity (Wildman–Crippen MR) is 127 cm³/mol. The van der Waals surface area contributed by atoms with Crippen LogP contribution in [0.2, 0.25) is 0 Å². The van der Waals surface area contributed by atoms with Gasteiger partial charge in [0.05, 0.1) is 39.2 Å². The third-order valence-corrected chi connectivity index (χ3v) is 5.34. The maximum atomic E-state index is 13.0. The number of carbonyl (C=O) groups is 1. The Morgan fingerprint density at radius 1 is 1.15 bits per heavy atom. The van der Waals surface area contributed by atoms with E-state index in [0.717, 1.165) is 33.5 Å². The average molecular weight is 454 g/mol. The number of methoxy groups -OCH3 is 2. The van der Waals surface area contributed by atoms with Gasteiger partial charge < -0.3 is 23.8 Å². The van der Waals surface area contributed by atoms with E-state index in [0.29, 0.717) is 44.6 Å². The molecule has 0 saturated carbocycles. The number of benzene rings is 1. The van der Waals surface area contributed by atoms with Crippen LogP contribution in [0.1, 0.15) is 28.4 Å². The number of amides is 1. The molecule has 0 bridgehead atoms. The molecule has 1 aliphatic rings. The minimum atomic E-state index is -0.00535. The van der Waals surface area contributed by atoms with E-state index in [4.69, 9.17) is 18.9 Å². The van der Waals surface area contributed by atoms with E-state index < -0.39 is 0 Å². The minimum absolute atomic E-state index is 0.00535. The first-order valence-electron chi connectivity index (χ1n) is 10.8. The van der Waals surface area contributed by atoms with E-state index in [1.807, 2.05) is 38.1 Å². The number of ether oxygens (including phenoxy) is 4. The van der Waals surface area contributed by atoms with Crippen LogP contribution in [-0.4, -0.2) is 69.7 Å². The van der Waals surface area contributed by atoms with E-state index in [-0.39, 0.29) is 5.91 Å². The molecule has 1 aromatic heterocycles. The third-order valence-electron chi connectivity index (χ3n) is 5.34. The van der Waals surface area contributed by atoms with Gasteiger partial charge in [0.25, 0.3) is 11.8 Å².